The molecule has 0 saturated heterocycles. The van der Waals surface area contributed by atoms with Gasteiger partial charge in [-0.05, 0) is 37.1 Å². The van der Waals surface area contributed by atoms with Gasteiger partial charge in [-0.3, -0.25) is 0 Å². The van der Waals surface area contributed by atoms with Crippen LogP contribution in [0.3, 0.4) is 0 Å². The molecule has 0 spiro atoms. The summed E-state index contributed by atoms with van der Waals surface area (Å²) in [5.74, 6) is 0. The molecule has 0 unspecified atom stereocenters. The van der Waals surface area contributed by atoms with E-state index in [0.29, 0.717) is 18.0 Å². The lowest BCUT2D eigenvalue weighted by molar-refractivity contribution is 0.388. The van der Waals surface area contributed by atoms with E-state index in [4.69, 9.17) is 0 Å². The molecule has 0 aliphatic carbocycles. The Morgan fingerprint density at radius 2 is 1.78 bits per heavy atom. The number of aromatic nitrogens is 1. The molecule has 1 aliphatic heterocycles. The van der Waals surface area contributed by atoms with Crippen LogP contribution in [0.15, 0.2) is 53.4 Å². The summed E-state index contributed by atoms with van der Waals surface area (Å²) < 4.78 is 27.2. The fourth-order valence-corrected chi connectivity index (χ4v) is 4.64. The number of fused-ring (bicyclic) bond motifs is 3. The maximum Gasteiger partial charge on any atom is 0.243 e. The zero-order valence-corrected chi connectivity index (χ0v) is 13.7. The van der Waals surface area contributed by atoms with Gasteiger partial charge in [-0.1, -0.05) is 35.9 Å². The van der Waals surface area contributed by atoms with Crippen LogP contribution in [0.4, 0.5) is 0 Å². The van der Waals surface area contributed by atoms with E-state index in [1.807, 2.05) is 37.3 Å². The van der Waals surface area contributed by atoms with E-state index in [-0.39, 0.29) is 0 Å². The lowest BCUT2D eigenvalue weighted by atomic mass is 10.1. The summed E-state index contributed by atoms with van der Waals surface area (Å²) in [6.07, 6.45) is 0.741. The van der Waals surface area contributed by atoms with Crippen molar-refractivity contribution in [1.82, 2.24) is 9.29 Å². The number of benzene rings is 2. The van der Waals surface area contributed by atoms with Crippen molar-refractivity contribution in [2.24, 2.45) is 0 Å². The number of aryl methyl sites for hydroxylation is 1. The summed E-state index contributed by atoms with van der Waals surface area (Å²) in [5, 5.41) is 1.20. The van der Waals surface area contributed by atoms with E-state index < -0.39 is 10.0 Å². The molecule has 5 heteroatoms. The minimum Gasteiger partial charge on any atom is -0.357 e. The first-order valence-corrected chi connectivity index (χ1v) is 9.15. The molecule has 1 aromatic heterocycles. The molecule has 3 aromatic rings. The van der Waals surface area contributed by atoms with Crippen LogP contribution in [-0.4, -0.2) is 24.3 Å². The van der Waals surface area contributed by atoms with Crippen LogP contribution < -0.4 is 0 Å². The third-order valence-electron chi connectivity index (χ3n) is 4.51. The smallest absolute Gasteiger partial charge is 0.243 e. The van der Waals surface area contributed by atoms with Gasteiger partial charge in [0.1, 0.15) is 0 Å². The Bertz CT molecular complexity index is 972. The van der Waals surface area contributed by atoms with Crippen LogP contribution in [0.25, 0.3) is 10.9 Å². The number of para-hydroxylation sites is 1. The molecule has 23 heavy (non-hydrogen) atoms. The third-order valence-corrected chi connectivity index (χ3v) is 6.37. The highest BCUT2D eigenvalue weighted by atomic mass is 32.2. The molecule has 1 N–H and O–H groups in total. The van der Waals surface area contributed by atoms with E-state index in [0.717, 1.165) is 23.2 Å². The molecule has 0 saturated carbocycles. The van der Waals surface area contributed by atoms with Gasteiger partial charge in [-0.25, -0.2) is 8.42 Å². The molecule has 0 atom stereocenters. The molecular weight excluding hydrogens is 308 g/mol. The second kappa shape index (κ2) is 5.22. The lowest BCUT2D eigenvalue weighted by Crippen LogP contribution is -2.35. The lowest BCUT2D eigenvalue weighted by Gasteiger charge is -2.26. The summed E-state index contributed by atoms with van der Waals surface area (Å²) in [4.78, 5) is 3.74. The molecule has 2 heterocycles. The molecule has 0 radical (unpaired) electrons. The Hall–Kier alpha value is -2.11. The van der Waals surface area contributed by atoms with Crippen molar-refractivity contribution in [3.8, 4) is 0 Å². The highest BCUT2D eigenvalue weighted by Crippen LogP contribution is 2.30. The van der Waals surface area contributed by atoms with E-state index in [1.54, 1.807) is 16.4 Å². The van der Waals surface area contributed by atoms with Gasteiger partial charge in [-0.2, -0.15) is 4.31 Å². The van der Waals surface area contributed by atoms with Crippen molar-refractivity contribution < 1.29 is 8.42 Å². The monoisotopic (exact) mass is 326 g/mol. The summed E-state index contributed by atoms with van der Waals surface area (Å²) in [5.41, 5.74) is 4.39. The van der Waals surface area contributed by atoms with Crippen LogP contribution in [0.2, 0.25) is 0 Å². The van der Waals surface area contributed by atoms with Crippen LogP contribution in [0, 0.1) is 6.92 Å². The predicted molar refractivity (Wildman–Crippen MR) is 90.8 cm³/mol. The highest BCUT2D eigenvalue weighted by Gasteiger charge is 2.29. The molecule has 1 aliphatic rings. The van der Waals surface area contributed by atoms with Crippen LogP contribution >= 0.6 is 0 Å². The minimum atomic E-state index is -3.45. The first-order valence-electron chi connectivity index (χ1n) is 7.71. The second-order valence-corrected chi connectivity index (χ2v) is 7.97. The van der Waals surface area contributed by atoms with Gasteiger partial charge in [-0.15, -0.1) is 0 Å². The number of nitrogens with one attached hydrogen (secondary N) is 1. The quantitative estimate of drug-likeness (QED) is 0.786. The summed E-state index contributed by atoms with van der Waals surface area (Å²) in [6.45, 7) is 2.87. The summed E-state index contributed by atoms with van der Waals surface area (Å²) in [7, 11) is -3.45. The molecular formula is C18H18N2O2S. The van der Waals surface area contributed by atoms with Gasteiger partial charge in [0, 0.05) is 23.1 Å². The van der Waals surface area contributed by atoms with Crippen LogP contribution in [-0.2, 0) is 23.0 Å². The van der Waals surface area contributed by atoms with Gasteiger partial charge < -0.3 is 4.98 Å². The topological polar surface area (TPSA) is 53.2 Å². The normalized spacial score (nSPS) is 15.7. The molecule has 2 aromatic carbocycles. The Balaban J connectivity index is 1.71. The number of hydrogen-bond donors (Lipinski definition) is 1. The number of H-pyrrole nitrogens is 1. The average Bonchev–Trinajstić information content (AvgIpc) is 2.93. The zero-order valence-electron chi connectivity index (χ0n) is 12.9. The standard InChI is InChI=1S/C18H18N2O2S/c1-13-6-8-14(9-7-13)23(21,22)20-11-10-16-15-4-2-3-5-17(15)19-18(16)12-20/h2-9,19H,10-12H2,1H3. The van der Waals surface area contributed by atoms with E-state index in [9.17, 15) is 8.42 Å². The fraction of sp³-hybridized carbons (Fsp3) is 0.222. The number of nitrogens with zero attached hydrogens (tertiary/aromatic N) is 1. The molecule has 0 amide bonds. The van der Waals surface area contributed by atoms with Crippen LogP contribution in [0.1, 0.15) is 16.8 Å². The Kier molecular flexibility index (Phi) is 3.28. The third kappa shape index (κ3) is 2.36. The van der Waals surface area contributed by atoms with E-state index in [1.165, 1.54) is 10.9 Å². The minimum absolute atomic E-state index is 0.364. The Morgan fingerprint density at radius 1 is 1.04 bits per heavy atom. The summed E-state index contributed by atoms with van der Waals surface area (Å²) in [6, 6.07) is 15.2. The van der Waals surface area contributed by atoms with Gasteiger partial charge in [0.15, 0.2) is 0 Å². The predicted octanol–water partition coefficient (Wildman–Crippen LogP) is 3.22. The molecule has 4 rings (SSSR count). The Labute approximate surface area is 135 Å². The first-order chi connectivity index (χ1) is 11.1. The summed E-state index contributed by atoms with van der Waals surface area (Å²) >= 11 is 0. The largest absolute Gasteiger partial charge is 0.357 e. The van der Waals surface area contributed by atoms with Crippen molar-refractivity contribution in [2.75, 3.05) is 6.54 Å². The first kappa shape index (κ1) is 14.5. The maximum absolute atomic E-state index is 12.8. The Morgan fingerprint density at radius 3 is 2.57 bits per heavy atom. The molecule has 0 fully saturated rings. The van der Waals surface area contributed by atoms with E-state index >= 15 is 0 Å². The highest BCUT2D eigenvalue weighted by molar-refractivity contribution is 7.89. The van der Waals surface area contributed by atoms with Gasteiger partial charge in [0.05, 0.1) is 11.4 Å². The number of hydrogen-bond acceptors (Lipinski definition) is 2. The van der Waals surface area contributed by atoms with Crippen molar-refractivity contribution in [1.29, 1.82) is 0 Å². The van der Waals surface area contributed by atoms with E-state index in [2.05, 4.69) is 11.1 Å². The van der Waals surface area contributed by atoms with Crippen molar-refractivity contribution in [3.05, 3.63) is 65.4 Å². The maximum atomic E-state index is 12.8. The van der Waals surface area contributed by atoms with Gasteiger partial charge in [0.2, 0.25) is 10.0 Å². The fourth-order valence-electron chi connectivity index (χ4n) is 3.23. The van der Waals surface area contributed by atoms with Gasteiger partial charge in [0.25, 0.3) is 0 Å². The zero-order chi connectivity index (χ0) is 16.0. The molecule has 4 nitrogen and oxygen atoms in total. The van der Waals surface area contributed by atoms with Gasteiger partial charge >= 0.3 is 0 Å². The van der Waals surface area contributed by atoms with Crippen molar-refractivity contribution in [3.63, 3.8) is 0 Å². The molecule has 0 bridgehead atoms. The van der Waals surface area contributed by atoms with Crippen molar-refractivity contribution in [2.45, 2.75) is 24.8 Å². The number of sulfonamides is 1. The number of aromatic amines is 1. The van der Waals surface area contributed by atoms with Crippen molar-refractivity contribution >= 4 is 20.9 Å². The SMILES string of the molecule is Cc1ccc(S(=O)(=O)N2CCc3c([nH]c4ccccc34)C2)cc1. The number of rotatable bonds is 2. The van der Waals surface area contributed by atoms with Crippen LogP contribution in [0.5, 0.6) is 0 Å². The molecule has 118 valence electrons. The average molecular weight is 326 g/mol. The second-order valence-electron chi connectivity index (χ2n) is 6.03.